The van der Waals surface area contributed by atoms with E-state index in [2.05, 4.69) is 15.3 Å². The number of aromatic nitrogens is 3. The van der Waals surface area contributed by atoms with Crippen molar-refractivity contribution in [2.75, 3.05) is 24.8 Å². The maximum Gasteiger partial charge on any atom is 0.410 e. The minimum absolute atomic E-state index is 0.135. The van der Waals surface area contributed by atoms with E-state index in [-0.39, 0.29) is 17.2 Å². The van der Waals surface area contributed by atoms with Gasteiger partial charge in [0.05, 0.1) is 13.2 Å². The average molecular weight is 537 g/mol. The van der Waals surface area contributed by atoms with Gasteiger partial charge in [0.2, 0.25) is 0 Å². The van der Waals surface area contributed by atoms with Crippen molar-refractivity contribution >= 4 is 23.8 Å². The standard InChI is InChI=1S/C27H32N6O6/c1-27(2,3)39-26(37)32-14-6-5-7-19(32)23-31-21(22(25(35)36)33(23)28)16-8-10-17(11-9-16)24(34)30-20-15-18(38-4)12-13-29-20/h8-13,15,19H,5-7,14,28H2,1-4H3,(H,35,36)(H,29,30,34)/t19-/m0/s1. The fraction of sp³-hybridized carbons (Fsp3) is 0.370. The molecule has 1 saturated heterocycles. The molecule has 3 aromatic rings. The number of nitrogens with one attached hydrogen (secondary N) is 1. The summed E-state index contributed by atoms with van der Waals surface area (Å²) in [6, 6.07) is 9.00. The Kier molecular flexibility index (Phi) is 7.75. The number of nitrogen functional groups attached to an aromatic ring is 1. The first-order chi connectivity index (χ1) is 18.5. The first-order valence-corrected chi connectivity index (χ1v) is 12.5. The Balaban J connectivity index is 1.62. The van der Waals surface area contributed by atoms with E-state index in [1.54, 1.807) is 62.1 Å². The number of amides is 2. The quantitative estimate of drug-likeness (QED) is 0.394. The van der Waals surface area contributed by atoms with Crippen LogP contribution in [0.2, 0.25) is 0 Å². The van der Waals surface area contributed by atoms with E-state index in [0.29, 0.717) is 35.7 Å². The predicted molar refractivity (Wildman–Crippen MR) is 143 cm³/mol. The fourth-order valence-electron chi connectivity index (χ4n) is 4.40. The summed E-state index contributed by atoms with van der Waals surface area (Å²) in [5, 5.41) is 12.7. The second kappa shape index (κ2) is 11.0. The highest BCUT2D eigenvalue weighted by atomic mass is 16.6. The number of ether oxygens (including phenoxy) is 2. The lowest BCUT2D eigenvalue weighted by Crippen LogP contribution is -2.43. The maximum absolute atomic E-state index is 12.9. The normalized spacial score (nSPS) is 15.5. The van der Waals surface area contributed by atoms with Crippen LogP contribution in [0.25, 0.3) is 11.3 Å². The van der Waals surface area contributed by atoms with Gasteiger partial charge in [0.15, 0.2) is 11.5 Å². The Bertz CT molecular complexity index is 1380. The molecule has 0 aliphatic carbocycles. The highest BCUT2D eigenvalue weighted by molar-refractivity contribution is 6.04. The minimum atomic E-state index is -1.27. The Morgan fingerprint density at radius 1 is 1.13 bits per heavy atom. The van der Waals surface area contributed by atoms with Crippen LogP contribution in [0.15, 0.2) is 42.6 Å². The summed E-state index contributed by atoms with van der Waals surface area (Å²) >= 11 is 0. The number of rotatable bonds is 6. The molecule has 1 aliphatic heterocycles. The minimum Gasteiger partial charge on any atom is -0.497 e. The summed E-state index contributed by atoms with van der Waals surface area (Å²) in [6.07, 6.45) is 3.18. The fourth-order valence-corrected chi connectivity index (χ4v) is 4.40. The van der Waals surface area contributed by atoms with Gasteiger partial charge in [-0.3, -0.25) is 9.69 Å². The first-order valence-electron chi connectivity index (χ1n) is 12.5. The van der Waals surface area contributed by atoms with Gasteiger partial charge >= 0.3 is 12.1 Å². The van der Waals surface area contributed by atoms with Gasteiger partial charge in [-0.25, -0.2) is 24.2 Å². The van der Waals surface area contributed by atoms with Crippen LogP contribution in [0.4, 0.5) is 10.6 Å². The Morgan fingerprint density at radius 3 is 2.49 bits per heavy atom. The number of nitrogens with two attached hydrogens (primary N) is 1. The molecule has 0 bridgehead atoms. The zero-order chi connectivity index (χ0) is 28.3. The van der Waals surface area contributed by atoms with Crippen LogP contribution in [0.1, 0.15) is 72.7 Å². The largest absolute Gasteiger partial charge is 0.497 e. The maximum atomic E-state index is 12.9. The Hall–Kier alpha value is -4.61. The molecule has 3 heterocycles. The molecule has 4 rings (SSSR count). The first kappa shape index (κ1) is 27.4. The monoisotopic (exact) mass is 536 g/mol. The van der Waals surface area contributed by atoms with Gasteiger partial charge in [-0.15, -0.1) is 0 Å². The molecule has 0 saturated carbocycles. The van der Waals surface area contributed by atoms with Crippen molar-refractivity contribution < 1.29 is 29.0 Å². The number of carboxylic acids is 1. The number of aromatic carboxylic acids is 1. The number of hydrogen-bond donors (Lipinski definition) is 3. The molecule has 1 aromatic carbocycles. The van der Waals surface area contributed by atoms with E-state index in [1.165, 1.54) is 13.3 Å². The van der Waals surface area contributed by atoms with E-state index in [0.717, 1.165) is 17.5 Å². The highest BCUT2D eigenvalue weighted by Crippen LogP contribution is 2.34. The summed E-state index contributed by atoms with van der Waals surface area (Å²) in [4.78, 5) is 48.1. The summed E-state index contributed by atoms with van der Waals surface area (Å²) in [6.45, 7) is 5.79. The molecular weight excluding hydrogens is 504 g/mol. The number of imidazole rings is 1. The second-order valence-corrected chi connectivity index (χ2v) is 10.1. The SMILES string of the molecule is COc1ccnc(NC(=O)c2ccc(-c3nc([C@@H]4CCCCN4C(=O)OC(C)(C)C)n(N)c3C(=O)O)cc2)c1. The molecule has 4 N–H and O–H groups in total. The number of pyridine rings is 1. The van der Waals surface area contributed by atoms with Crippen molar-refractivity contribution in [3.63, 3.8) is 0 Å². The molecule has 0 spiro atoms. The van der Waals surface area contributed by atoms with Gasteiger partial charge in [0.1, 0.15) is 22.9 Å². The number of carbonyl (C=O) groups is 3. The highest BCUT2D eigenvalue weighted by Gasteiger charge is 2.36. The van der Waals surface area contributed by atoms with Gasteiger partial charge in [-0.1, -0.05) is 12.1 Å². The predicted octanol–water partition coefficient (Wildman–Crippen LogP) is 4.08. The number of carbonyl (C=O) groups excluding carboxylic acids is 2. The lowest BCUT2D eigenvalue weighted by molar-refractivity contribution is 0.00821. The van der Waals surface area contributed by atoms with E-state index in [9.17, 15) is 19.5 Å². The van der Waals surface area contributed by atoms with Crippen LogP contribution in [-0.2, 0) is 4.74 Å². The molecule has 1 fully saturated rings. The number of hydrogen-bond acceptors (Lipinski definition) is 8. The summed E-state index contributed by atoms with van der Waals surface area (Å²) < 4.78 is 11.7. The number of nitrogens with zero attached hydrogens (tertiary/aromatic N) is 4. The Labute approximate surface area is 225 Å². The third-order valence-corrected chi connectivity index (χ3v) is 6.20. The van der Waals surface area contributed by atoms with Gasteiger partial charge < -0.3 is 25.7 Å². The molecule has 2 amide bonds. The molecular formula is C27H32N6O6. The zero-order valence-corrected chi connectivity index (χ0v) is 22.3. The topological polar surface area (TPSA) is 162 Å². The van der Waals surface area contributed by atoms with Crippen molar-refractivity contribution in [2.24, 2.45) is 0 Å². The van der Waals surface area contributed by atoms with Crippen molar-refractivity contribution in [1.82, 2.24) is 19.5 Å². The molecule has 12 heteroatoms. The molecule has 0 unspecified atom stereocenters. The van der Waals surface area contributed by atoms with Crippen LogP contribution in [0, 0.1) is 0 Å². The molecule has 206 valence electrons. The van der Waals surface area contributed by atoms with E-state index < -0.39 is 29.6 Å². The number of anilines is 1. The van der Waals surface area contributed by atoms with Crippen LogP contribution in [0.3, 0.4) is 0 Å². The Morgan fingerprint density at radius 2 is 1.85 bits per heavy atom. The summed E-state index contributed by atoms with van der Waals surface area (Å²) in [7, 11) is 1.52. The summed E-state index contributed by atoms with van der Waals surface area (Å²) in [5.74, 6) is 5.72. The summed E-state index contributed by atoms with van der Waals surface area (Å²) in [5.41, 5.74) is 0.00357. The van der Waals surface area contributed by atoms with Crippen LogP contribution < -0.4 is 15.9 Å². The van der Waals surface area contributed by atoms with Crippen LogP contribution >= 0.6 is 0 Å². The van der Waals surface area contributed by atoms with E-state index in [1.807, 2.05) is 0 Å². The van der Waals surface area contributed by atoms with Crippen molar-refractivity contribution in [2.45, 2.75) is 51.7 Å². The second-order valence-electron chi connectivity index (χ2n) is 10.1. The van der Waals surface area contributed by atoms with E-state index in [4.69, 9.17) is 15.3 Å². The molecule has 2 aromatic heterocycles. The number of piperidine rings is 1. The molecule has 39 heavy (non-hydrogen) atoms. The van der Waals surface area contributed by atoms with Gasteiger partial charge in [0, 0.05) is 29.9 Å². The average Bonchev–Trinajstić information content (AvgIpc) is 3.25. The molecule has 0 radical (unpaired) electrons. The van der Waals surface area contributed by atoms with Crippen molar-refractivity contribution in [3.05, 3.63) is 59.7 Å². The third-order valence-electron chi connectivity index (χ3n) is 6.20. The smallest absolute Gasteiger partial charge is 0.410 e. The van der Waals surface area contributed by atoms with Crippen molar-refractivity contribution in [1.29, 1.82) is 0 Å². The number of benzene rings is 1. The molecule has 1 atom stereocenters. The lowest BCUT2D eigenvalue weighted by Gasteiger charge is -2.36. The number of carboxylic acid groups (broad SMARTS) is 1. The molecule has 1 aliphatic rings. The van der Waals surface area contributed by atoms with E-state index >= 15 is 0 Å². The van der Waals surface area contributed by atoms with Crippen LogP contribution in [-0.4, -0.2) is 61.9 Å². The van der Waals surface area contributed by atoms with Gasteiger partial charge in [-0.05, 0) is 58.2 Å². The lowest BCUT2D eigenvalue weighted by atomic mass is 10.0. The van der Waals surface area contributed by atoms with Gasteiger partial charge in [-0.2, -0.15) is 0 Å². The van der Waals surface area contributed by atoms with Crippen LogP contribution in [0.5, 0.6) is 5.75 Å². The zero-order valence-electron chi connectivity index (χ0n) is 22.3. The number of methoxy groups -OCH3 is 1. The third kappa shape index (κ3) is 6.11. The van der Waals surface area contributed by atoms with Crippen molar-refractivity contribution in [3.8, 4) is 17.0 Å². The molecule has 12 nitrogen and oxygen atoms in total. The van der Waals surface area contributed by atoms with Gasteiger partial charge in [0.25, 0.3) is 5.91 Å². The number of likely N-dealkylation sites (tertiary alicyclic amines) is 1.